The molecule has 1 aliphatic heterocycles. The van der Waals surface area contributed by atoms with Crippen molar-refractivity contribution in [2.75, 3.05) is 6.54 Å². The van der Waals surface area contributed by atoms with E-state index in [0.717, 1.165) is 18.6 Å². The first kappa shape index (κ1) is 11.0. The predicted molar refractivity (Wildman–Crippen MR) is 57.8 cm³/mol. The fraction of sp³-hybridized carbons (Fsp3) is 1.00. The van der Waals surface area contributed by atoms with Crippen LogP contribution in [0.3, 0.4) is 0 Å². The van der Waals surface area contributed by atoms with E-state index >= 15 is 0 Å². The molecule has 0 aromatic carbocycles. The molecule has 13 heavy (non-hydrogen) atoms. The Bertz CT molecular complexity index is 125. The normalized spacial score (nSPS) is 28.2. The van der Waals surface area contributed by atoms with Crippen molar-refractivity contribution in [3.63, 3.8) is 0 Å². The Kier molecular flexibility index (Phi) is 5.40. The molecule has 2 heteroatoms. The van der Waals surface area contributed by atoms with E-state index in [4.69, 9.17) is 5.73 Å². The average Bonchev–Trinajstić information content (AvgIpc) is 2.51. The Morgan fingerprint density at radius 2 is 1.92 bits per heavy atom. The SMILES string of the molecule is CC1CCC(CCCCCCN)N1. The molecule has 3 N–H and O–H groups in total. The van der Waals surface area contributed by atoms with Gasteiger partial charge in [-0.05, 0) is 39.2 Å². The molecular formula is C11H24N2. The number of unbranched alkanes of at least 4 members (excludes halogenated alkanes) is 3. The van der Waals surface area contributed by atoms with Crippen molar-refractivity contribution in [1.29, 1.82) is 0 Å². The van der Waals surface area contributed by atoms with Crippen molar-refractivity contribution in [2.45, 2.75) is 64.0 Å². The second-order valence-electron chi connectivity index (χ2n) is 4.33. The molecule has 2 atom stereocenters. The van der Waals surface area contributed by atoms with Crippen LogP contribution in [0.5, 0.6) is 0 Å². The highest BCUT2D eigenvalue weighted by Crippen LogP contribution is 2.17. The fourth-order valence-electron chi connectivity index (χ4n) is 2.14. The quantitative estimate of drug-likeness (QED) is 0.620. The van der Waals surface area contributed by atoms with Crippen LogP contribution in [0.25, 0.3) is 0 Å². The molecule has 0 radical (unpaired) electrons. The summed E-state index contributed by atoms with van der Waals surface area (Å²) in [7, 11) is 0. The van der Waals surface area contributed by atoms with Crippen molar-refractivity contribution in [3.8, 4) is 0 Å². The molecule has 0 spiro atoms. The van der Waals surface area contributed by atoms with Crippen molar-refractivity contribution in [3.05, 3.63) is 0 Å². The molecule has 0 bridgehead atoms. The first-order valence-electron chi connectivity index (χ1n) is 5.79. The van der Waals surface area contributed by atoms with Gasteiger partial charge in [-0.15, -0.1) is 0 Å². The average molecular weight is 184 g/mol. The Labute approximate surface area is 82.3 Å². The summed E-state index contributed by atoms with van der Waals surface area (Å²) >= 11 is 0. The number of nitrogens with one attached hydrogen (secondary N) is 1. The number of nitrogens with two attached hydrogens (primary N) is 1. The molecule has 1 rings (SSSR count). The third kappa shape index (κ3) is 4.63. The van der Waals surface area contributed by atoms with Crippen LogP contribution in [0.15, 0.2) is 0 Å². The second kappa shape index (κ2) is 6.39. The minimum absolute atomic E-state index is 0.758. The Morgan fingerprint density at radius 1 is 1.15 bits per heavy atom. The van der Waals surface area contributed by atoms with E-state index in [1.54, 1.807) is 0 Å². The molecule has 0 amide bonds. The standard InChI is InChI=1S/C11H24N2/c1-10-7-8-11(13-10)6-4-2-3-5-9-12/h10-11,13H,2-9,12H2,1H3. The van der Waals surface area contributed by atoms with Crippen molar-refractivity contribution in [1.82, 2.24) is 5.32 Å². The third-order valence-electron chi connectivity index (χ3n) is 2.98. The van der Waals surface area contributed by atoms with Gasteiger partial charge in [0.1, 0.15) is 0 Å². The summed E-state index contributed by atoms with van der Waals surface area (Å²) < 4.78 is 0. The zero-order chi connectivity index (χ0) is 9.52. The topological polar surface area (TPSA) is 38.0 Å². The first-order valence-corrected chi connectivity index (χ1v) is 5.79. The molecule has 0 aromatic heterocycles. The highest BCUT2D eigenvalue weighted by atomic mass is 15.0. The van der Waals surface area contributed by atoms with Gasteiger partial charge in [-0.25, -0.2) is 0 Å². The van der Waals surface area contributed by atoms with Gasteiger partial charge < -0.3 is 11.1 Å². The maximum atomic E-state index is 5.44. The van der Waals surface area contributed by atoms with Crippen LogP contribution in [-0.2, 0) is 0 Å². The van der Waals surface area contributed by atoms with Crippen LogP contribution in [0.4, 0.5) is 0 Å². The summed E-state index contributed by atoms with van der Waals surface area (Å²) in [5.74, 6) is 0. The molecule has 78 valence electrons. The van der Waals surface area contributed by atoms with Gasteiger partial charge in [0.05, 0.1) is 0 Å². The van der Waals surface area contributed by atoms with Gasteiger partial charge in [-0.2, -0.15) is 0 Å². The lowest BCUT2D eigenvalue weighted by Crippen LogP contribution is -2.26. The molecule has 2 nitrogen and oxygen atoms in total. The van der Waals surface area contributed by atoms with Gasteiger partial charge in [-0.3, -0.25) is 0 Å². The van der Waals surface area contributed by atoms with Crippen molar-refractivity contribution < 1.29 is 0 Å². The summed E-state index contributed by atoms with van der Waals surface area (Å²) in [6.45, 7) is 3.15. The largest absolute Gasteiger partial charge is 0.330 e. The molecule has 2 unspecified atom stereocenters. The van der Waals surface area contributed by atoms with Crippen molar-refractivity contribution in [2.24, 2.45) is 5.73 Å². The molecule has 0 aliphatic carbocycles. The highest BCUT2D eigenvalue weighted by Gasteiger charge is 2.18. The summed E-state index contributed by atoms with van der Waals surface area (Å²) in [5, 5.41) is 3.62. The fourth-order valence-corrected chi connectivity index (χ4v) is 2.14. The van der Waals surface area contributed by atoms with Crippen LogP contribution >= 0.6 is 0 Å². The van der Waals surface area contributed by atoms with Crippen LogP contribution in [0, 0.1) is 0 Å². The van der Waals surface area contributed by atoms with E-state index in [1.165, 1.54) is 44.9 Å². The summed E-state index contributed by atoms with van der Waals surface area (Å²) in [5.41, 5.74) is 5.44. The van der Waals surface area contributed by atoms with E-state index in [-0.39, 0.29) is 0 Å². The number of rotatable bonds is 6. The molecule has 1 heterocycles. The Balaban J connectivity index is 1.88. The van der Waals surface area contributed by atoms with Gasteiger partial charge >= 0.3 is 0 Å². The summed E-state index contributed by atoms with van der Waals surface area (Å²) in [4.78, 5) is 0. The van der Waals surface area contributed by atoms with Gasteiger partial charge in [-0.1, -0.05) is 19.3 Å². The number of hydrogen-bond donors (Lipinski definition) is 2. The molecule has 0 saturated carbocycles. The van der Waals surface area contributed by atoms with Gasteiger partial charge in [0.15, 0.2) is 0 Å². The van der Waals surface area contributed by atoms with Gasteiger partial charge in [0, 0.05) is 12.1 Å². The lowest BCUT2D eigenvalue weighted by atomic mass is 10.1. The van der Waals surface area contributed by atoms with E-state index in [2.05, 4.69) is 12.2 Å². The smallest absolute Gasteiger partial charge is 0.00701 e. The van der Waals surface area contributed by atoms with E-state index in [9.17, 15) is 0 Å². The lowest BCUT2D eigenvalue weighted by Gasteiger charge is -2.10. The molecule has 1 saturated heterocycles. The van der Waals surface area contributed by atoms with Crippen LogP contribution in [0.2, 0.25) is 0 Å². The highest BCUT2D eigenvalue weighted by molar-refractivity contribution is 4.80. The zero-order valence-corrected chi connectivity index (χ0v) is 8.89. The van der Waals surface area contributed by atoms with E-state index in [1.807, 2.05) is 0 Å². The molecule has 1 aliphatic rings. The summed E-state index contributed by atoms with van der Waals surface area (Å²) in [6.07, 6.45) is 9.39. The maximum Gasteiger partial charge on any atom is 0.00701 e. The molecule has 1 fully saturated rings. The summed E-state index contributed by atoms with van der Waals surface area (Å²) in [6, 6.07) is 1.57. The van der Waals surface area contributed by atoms with E-state index in [0.29, 0.717) is 0 Å². The Morgan fingerprint density at radius 3 is 2.54 bits per heavy atom. The monoisotopic (exact) mass is 184 g/mol. The van der Waals surface area contributed by atoms with Crippen LogP contribution < -0.4 is 11.1 Å². The van der Waals surface area contributed by atoms with E-state index < -0.39 is 0 Å². The number of hydrogen-bond acceptors (Lipinski definition) is 2. The minimum atomic E-state index is 0.758. The Hall–Kier alpha value is -0.0800. The predicted octanol–water partition coefficient (Wildman–Crippen LogP) is 2.04. The molecule has 0 aromatic rings. The van der Waals surface area contributed by atoms with Crippen LogP contribution in [-0.4, -0.2) is 18.6 Å². The van der Waals surface area contributed by atoms with Gasteiger partial charge in [0.25, 0.3) is 0 Å². The van der Waals surface area contributed by atoms with Gasteiger partial charge in [0.2, 0.25) is 0 Å². The third-order valence-corrected chi connectivity index (χ3v) is 2.98. The zero-order valence-electron chi connectivity index (χ0n) is 8.89. The lowest BCUT2D eigenvalue weighted by molar-refractivity contribution is 0.491. The molecular weight excluding hydrogens is 160 g/mol. The maximum absolute atomic E-state index is 5.44. The van der Waals surface area contributed by atoms with Crippen molar-refractivity contribution >= 4 is 0 Å². The second-order valence-corrected chi connectivity index (χ2v) is 4.33. The first-order chi connectivity index (χ1) is 6.33. The van der Waals surface area contributed by atoms with Crippen LogP contribution in [0.1, 0.15) is 51.9 Å². The minimum Gasteiger partial charge on any atom is -0.330 e.